The number of aromatic nitrogens is 5. The molecule has 9 heteroatoms. The van der Waals surface area contributed by atoms with E-state index in [2.05, 4.69) is 25.3 Å². The molecule has 4 aromatic heterocycles. The van der Waals surface area contributed by atoms with Crippen molar-refractivity contribution in [2.75, 3.05) is 11.1 Å². The molecule has 28 heavy (non-hydrogen) atoms. The Balaban J connectivity index is 1.85. The maximum Gasteiger partial charge on any atom is 0.150 e. The Bertz CT molecular complexity index is 1200. The molecule has 0 aliphatic heterocycles. The quantitative estimate of drug-likeness (QED) is 0.564. The second kappa shape index (κ2) is 6.92. The van der Waals surface area contributed by atoms with Crippen LogP contribution in [0.25, 0.3) is 16.9 Å². The van der Waals surface area contributed by atoms with Gasteiger partial charge in [-0.25, -0.2) is 19.3 Å². The standard InChI is InChI=1S/C19H15FN8/c1-11(26-19-14(7-21)18(22)24-10-25-19)16-17(12-3-2-6-23-8-12)28-9-13(20)4-5-15(28)27-16/h2-6,8-11H,1H3,(H3,22,24,25,26)/t11-/m0/s1. The first-order valence-corrected chi connectivity index (χ1v) is 8.43. The van der Waals surface area contributed by atoms with E-state index in [4.69, 9.17) is 5.73 Å². The zero-order chi connectivity index (χ0) is 19.7. The third kappa shape index (κ3) is 2.97. The lowest BCUT2D eigenvalue weighted by atomic mass is 10.1. The normalized spacial score (nSPS) is 11.9. The number of nitrogens with one attached hydrogen (secondary N) is 1. The van der Waals surface area contributed by atoms with Crippen molar-refractivity contribution in [2.24, 2.45) is 0 Å². The second-order valence-electron chi connectivity index (χ2n) is 6.12. The number of hydrogen-bond donors (Lipinski definition) is 2. The summed E-state index contributed by atoms with van der Waals surface area (Å²) in [6, 6.07) is 8.28. The van der Waals surface area contributed by atoms with Crippen LogP contribution in [0, 0.1) is 17.1 Å². The van der Waals surface area contributed by atoms with Crippen LogP contribution in [0.15, 0.2) is 49.2 Å². The molecule has 0 saturated carbocycles. The first-order valence-electron chi connectivity index (χ1n) is 8.43. The van der Waals surface area contributed by atoms with Crippen molar-refractivity contribution in [1.29, 1.82) is 5.26 Å². The molecule has 0 radical (unpaired) electrons. The Hall–Kier alpha value is -4.06. The minimum atomic E-state index is -0.377. The smallest absolute Gasteiger partial charge is 0.150 e. The first kappa shape index (κ1) is 17.4. The van der Waals surface area contributed by atoms with E-state index in [1.807, 2.05) is 19.1 Å². The number of halogens is 1. The van der Waals surface area contributed by atoms with E-state index in [-0.39, 0.29) is 23.2 Å². The first-order chi connectivity index (χ1) is 13.6. The summed E-state index contributed by atoms with van der Waals surface area (Å²) >= 11 is 0. The van der Waals surface area contributed by atoms with Gasteiger partial charge in [-0.05, 0) is 31.2 Å². The van der Waals surface area contributed by atoms with Crippen molar-refractivity contribution in [3.63, 3.8) is 0 Å². The summed E-state index contributed by atoms with van der Waals surface area (Å²) in [6.45, 7) is 1.87. The van der Waals surface area contributed by atoms with Crippen LogP contribution >= 0.6 is 0 Å². The number of imidazole rings is 1. The fraction of sp³-hybridized carbons (Fsp3) is 0.105. The number of nitriles is 1. The highest BCUT2D eigenvalue weighted by Gasteiger charge is 2.21. The largest absolute Gasteiger partial charge is 0.382 e. The van der Waals surface area contributed by atoms with Gasteiger partial charge in [0.15, 0.2) is 0 Å². The Morgan fingerprint density at radius 3 is 2.89 bits per heavy atom. The summed E-state index contributed by atoms with van der Waals surface area (Å²) in [5, 5.41) is 12.5. The molecule has 4 heterocycles. The molecule has 0 fully saturated rings. The number of pyridine rings is 2. The Labute approximate surface area is 159 Å². The topological polar surface area (TPSA) is 118 Å². The van der Waals surface area contributed by atoms with Gasteiger partial charge in [0.25, 0.3) is 0 Å². The molecule has 0 spiro atoms. The van der Waals surface area contributed by atoms with Gasteiger partial charge >= 0.3 is 0 Å². The lowest BCUT2D eigenvalue weighted by Gasteiger charge is -2.16. The number of hydrogen-bond acceptors (Lipinski definition) is 7. The van der Waals surface area contributed by atoms with Crippen molar-refractivity contribution >= 4 is 17.3 Å². The predicted octanol–water partition coefficient (Wildman–Crippen LogP) is 2.95. The van der Waals surface area contributed by atoms with Gasteiger partial charge in [0.05, 0.1) is 17.4 Å². The average Bonchev–Trinajstić information content (AvgIpc) is 3.07. The van der Waals surface area contributed by atoms with Gasteiger partial charge in [-0.3, -0.25) is 9.38 Å². The van der Waals surface area contributed by atoms with Crippen LogP contribution in [-0.2, 0) is 0 Å². The number of nitrogens with zero attached hydrogens (tertiary/aromatic N) is 6. The molecule has 0 saturated heterocycles. The minimum absolute atomic E-state index is 0.0942. The van der Waals surface area contributed by atoms with Gasteiger partial charge in [-0.15, -0.1) is 0 Å². The van der Waals surface area contributed by atoms with Gasteiger partial charge in [-0.2, -0.15) is 5.26 Å². The molecule has 4 aromatic rings. The van der Waals surface area contributed by atoms with E-state index < -0.39 is 0 Å². The number of fused-ring (bicyclic) bond motifs is 1. The highest BCUT2D eigenvalue weighted by molar-refractivity contribution is 5.69. The lowest BCUT2D eigenvalue weighted by molar-refractivity contribution is 0.619. The Morgan fingerprint density at radius 1 is 1.29 bits per heavy atom. The predicted molar refractivity (Wildman–Crippen MR) is 102 cm³/mol. The van der Waals surface area contributed by atoms with Crippen LogP contribution < -0.4 is 11.1 Å². The molecule has 8 nitrogen and oxygen atoms in total. The molecule has 0 aromatic carbocycles. The monoisotopic (exact) mass is 374 g/mol. The van der Waals surface area contributed by atoms with Crippen LogP contribution in [0.4, 0.5) is 16.0 Å². The van der Waals surface area contributed by atoms with Crippen molar-refractivity contribution < 1.29 is 4.39 Å². The fourth-order valence-corrected chi connectivity index (χ4v) is 3.02. The maximum atomic E-state index is 13.9. The molecular formula is C19H15FN8. The summed E-state index contributed by atoms with van der Waals surface area (Å²) in [4.78, 5) is 16.8. The Morgan fingerprint density at radius 2 is 2.14 bits per heavy atom. The molecule has 0 aliphatic carbocycles. The lowest BCUT2D eigenvalue weighted by Crippen LogP contribution is -2.12. The Kier molecular flexibility index (Phi) is 4.29. The van der Waals surface area contributed by atoms with Crippen LogP contribution in [0.3, 0.4) is 0 Å². The van der Waals surface area contributed by atoms with E-state index in [9.17, 15) is 9.65 Å². The summed E-state index contributed by atoms with van der Waals surface area (Å²) in [5.41, 5.74) is 8.64. The molecular weight excluding hydrogens is 359 g/mol. The SMILES string of the molecule is C[C@H](Nc1ncnc(N)c1C#N)c1nc2ccc(F)cn2c1-c1cccnc1. The van der Waals surface area contributed by atoms with Gasteiger partial charge in [0, 0.05) is 24.2 Å². The highest BCUT2D eigenvalue weighted by atomic mass is 19.1. The summed E-state index contributed by atoms with van der Waals surface area (Å²) in [7, 11) is 0. The molecule has 138 valence electrons. The van der Waals surface area contributed by atoms with Gasteiger partial charge < -0.3 is 11.1 Å². The molecule has 0 bridgehead atoms. The van der Waals surface area contributed by atoms with E-state index in [1.54, 1.807) is 28.9 Å². The van der Waals surface area contributed by atoms with Crippen molar-refractivity contribution in [3.8, 4) is 17.3 Å². The third-order valence-corrected chi connectivity index (χ3v) is 4.30. The van der Waals surface area contributed by atoms with Gasteiger partial charge in [0.1, 0.15) is 41.1 Å². The van der Waals surface area contributed by atoms with Crippen LogP contribution in [0.1, 0.15) is 24.2 Å². The number of nitrogens with two attached hydrogens (primary N) is 1. The van der Waals surface area contributed by atoms with Crippen LogP contribution in [0.2, 0.25) is 0 Å². The number of anilines is 2. The van der Waals surface area contributed by atoms with Gasteiger partial charge in [-0.1, -0.05) is 0 Å². The minimum Gasteiger partial charge on any atom is -0.382 e. The van der Waals surface area contributed by atoms with Gasteiger partial charge in [0.2, 0.25) is 0 Å². The summed E-state index contributed by atoms with van der Waals surface area (Å²) in [5.74, 6) is 0.0252. The van der Waals surface area contributed by atoms with Crippen LogP contribution in [0.5, 0.6) is 0 Å². The highest BCUT2D eigenvalue weighted by Crippen LogP contribution is 2.31. The molecule has 3 N–H and O–H groups in total. The number of nitrogen functional groups attached to an aromatic ring is 1. The second-order valence-corrected chi connectivity index (χ2v) is 6.12. The molecule has 0 aliphatic rings. The van der Waals surface area contributed by atoms with E-state index in [0.29, 0.717) is 22.9 Å². The summed E-state index contributed by atoms with van der Waals surface area (Å²) < 4.78 is 15.6. The third-order valence-electron chi connectivity index (χ3n) is 4.30. The van der Waals surface area contributed by atoms with Crippen molar-refractivity contribution in [2.45, 2.75) is 13.0 Å². The zero-order valence-electron chi connectivity index (χ0n) is 14.8. The molecule has 4 rings (SSSR count). The number of rotatable bonds is 4. The molecule has 0 unspecified atom stereocenters. The van der Waals surface area contributed by atoms with Crippen LogP contribution in [-0.4, -0.2) is 24.3 Å². The summed E-state index contributed by atoms with van der Waals surface area (Å²) in [6.07, 6.45) is 6.02. The van der Waals surface area contributed by atoms with Crippen molar-refractivity contribution in [1.82, 2.24) is 24.3 Å². The molecule has 0 amide bonds. The fourth-order valence-electron chi connectivity index (χ4n) is 3.02. The molecule has 1 atom stereocenters. The average molecular weight is 374 g/mol. The van der Waals surface area contributed by atoms with Crippen molar-refractivity contribution in [3.05, 3.63) is 66.3 Å². The maximum absolute atomic E-state index is 13.9. The van der Waals surface area contributed by atoms with E-state index in [0.717, 1.165) is 5.56 Å². The van der Waals surface area contributed by atoms with E-state index in [1.165, 1.54) is 18.6 Å². The zero-order valence-corrected chi connectivity index (χ0v) is 14.8. The van der Waals surface area contributed by atoms with E-state index >= 15 is 0 Å².